The minimum absolute atomic E-state index is 0.0712. The van der Waals surface area contributed by atoms with E-state index in [1.165, 1.54) is 25.7 Å². The van der Waals surface area contributed by atoms with Crippen LogP contribution in [0.3, 0.4) is 0 Å². The highest BCUT2D eigenvalue weighted by atomic mass is 16.2. The summed E-state index contributed by atoms with van der Waals surface area (Å²) in [4.78, 5) is 24.7. The number of carbonyl (C=O) groups is 2. The van der Waals surface area contributed by atoms with E-state index in [0.717, 1.165) is 0 Å². The number of hydrogen-bond donors (Lipinski definition) is 2. The lowest BCUT2D eigenvalue weighted by molar-refractivity contribution is -0.122. The third-order valence-corrected chi connectivity index (χ3v) is 4.16. The second kappa shape index (κ2) is 6.59. The fourth-order valence-electron chi connectivity index (χ4n) is 2.86. The number of carbonyl (C=O) groups excluding carboxylic acids is 2. The van der Waals surface area contributed by atoms with Crippen molar-refractivity contribution in [1.29, 1.82) is 0 Å². The standard InChI is InChI=1S/C14H23N3O2/c15-13(18)12-6-9-17(10-7-12)14(19)16-8-5-11-3-1-2-4-11/h5,8,11-12H,1-4,6-7,9-10H2,(H2,15,18)(H,16,19)/b8-5+. The van der Waals surface area contributed by atoms with Gasteiger partial charge in [0, 0.05) is 25.2 Å². The Bertz CT molecular complexity index is 354. The summed E-state index contributed by atoms with van der Waals surface area (Å²) in [6, 6.07) is -0.0721. The van der Waals surface area contributed by atoms with Gasteiger partial charge in [-0.2, -0.15) is 0 Å². The van der Waals surface area contributed by atoms with Crippen LogP contribution in [0.25, 0.3) is 0 Å². The van der Waals surface area contributed by atoms with E-state index in [2.05, 4.69) is 11.4 Å². The highest BCUT2D eigenvalue weighted by Gasteiger charge is 2.25. The second-order valence-corrected chi connectivity index (χ2v) is 5.52. The van der Waals surface area contributed by atoms with Gasteiger partial charge in [0.2, 0.25) is 5.91 Å². The van der Waals surface area contributed by atoms with Gasteiger partial charge >= 0.3 is 6.03 Å². The van der Waals surface area contributed by atoms with Crippen LogP contribution < -0.4 is 11.1 Å². The van der Waals surface area contributed by atoms with E-state index < -0.39 is 0 Å². The van der Waals surface area contributed by atoms with Crippen molar-refractivity contribution in [2.24, 2.45) is 17.6 Å². The summed E-state index contributed by atoms with van der Waals surface area (Å²) in [5.74, 6) is 0.306. The molecule has 3 amide bonds. The first-order chi connectivity index (χ1) is 9.16. The van der Waals surface area contributed by atoms with Crippen LogP contribution in [0.1, 0.15) is 38.5 Å². The first-order valence-electron chi connectivity index (χ1n) is 7.18. The molecule has 0 radical (unpaired) electrons. The second-order valence-electron chi connectivity index (χ2n) is 5.52. The van der Waals surface area contributed by atoms with Crippen LogP contribution in [-0.4, -0.2) is 29.9 Å². The van der Waals surface area contributed by atoms with E-state index in [1.54, 1.807) is 11.1 Å². The smallest absolute Gasteiger partial charge is 0.321 e. The molecule has 1 saturated carbocycles. The first kappa shape index (κ1) is 13.9. The Morgan fingerprint density at radius 3 is 2.32 bits per heavy atom. The lowest BCUT2D eigenvalue weighted by atomic mass is 9.96. The fraction of sp³-hybridized carbons (Fsp3) is 0.714. The van der Waals surface area contributed by atoms with Crippen LogP contribution in [-0.2, 0) is 4.79 Å². The number of rotatable bonds is 3. The molecule has 1 aliphatic heterocycles. The molecule has 0 atom stereocenters. The maximum absolute atomic E-state index is 11.9. The highest BCUT2D eigenvalue weighted by molar-refractivity contribution is 5.78. The van der Waals surface area contributed by atoms with Gasteiger partial charge in [0.25, 0.3) is 0 Å². The van der Waals surface area contributed by atoms with Crippen molar-refractivity contribution in [3.63, 3.8) is 0 Å². The van der Waals surface area contributed by atoms with E-state index in [0.29, 0.717) is 31.8 Å². The molecule has 0 aromatic carbocycles. The molecular formula is C14H23N3O2. The molecule has 0 aromatic heterocycles. The average Bonchev–Trinajstić information content (AvgIpc) is 2.92. The Kier molecular flexibility index (Phi) is 4.82. The topological polar surface area (TPSA) is 75.4 Å². The van der Waals surface area contributed by atoms with Crippen LogP contribution >= 0.6 is 0 Å². The van der Waals surface area contributed by atoms with Crippen molar-refractivity contribution in [2.45, 2.75) is 38.5 Å². The van der Waals surface area contributed by atoms with Crippen LogP contribution in [0.4, 0.5) is 4.79 Å². The van der Waals surface area contributed by atoms with E-state index in [4.69, 9.17) is 5.73 Å². The number of piperidine rings is 1. The number of urea groups is 1. The molecule has 106 valence electrons. The van der Waals surface area contributed by atoms with Gasteiger partial charge in [0.1, 0.15) is 0 Å². The van der Waals surface area contributed by atoms with E-state index in [-0.39, 0.29) is 17.9 Å². The Morgan fingerprint density at radius 1 is 1.11 bits per heavy atom. The van der Waals surface area contributed by atoms with Crippen molar-refractivity contribution in [3.8, 4) is 0 Å². The van der Waals surface area contributed by atoms with E-state index >= 15 is 0 Å². The molecule has 1 aliphatic carbocycles. The van der Waals surface area contributed by atoms with Gasteiger partial charge in [0.15, 0.2) is 0 Å². The van der Waals surface area contributed by atoms with Crippen molar-refractivity contribution in [2.75, 3.05) is 13.1 Å². The normalized spacial score (nSPS) is 22.0. The van der Waals surface area contributed by atoms with Crippen LogP contribution in [0.5, 0.6) is 0 Å². The minimum atomic E-state index is -0.249. The zero-order valence-corrected chi connectivity index (χ0v) is 11.3. The van der Waals surface area contributed by atoms with Crippen LogP contribution in [0.2, 0.25) is 0 Å². The number of nitrogens with two attached hydrogens (primary N) is 1. The third-order valence-electron chi connectivity index (χ3n) is 4.16. The number of nitrogens with zero attached hydrogens (tertiary/aromatic N) is 1. The molecule has 19 heavy (non-hydrogen) atoms. The predicted octanol–water partition coefficient (Wildman–Crippen LogP) is 1.60. The molecule has 0 spiro atoms. The maximum atomic E-state index is 11.9. The summed E-state index contributed by atoms with van der Waals surface area (Å²) in [5.41, 5.74) is 5.27. The van der Waals surface area contributed by atoms with Gasteiger partial charge in [0.05, 0.1) is 0 Å². The van der Waals surface area contributed by atoms with Gasteiger partial charge < -0.3 is 16.0 Å². The predicted molar refractivity (Wildman–Crippen MR) is 73.1 cm³/mol. The lowest BCUT2D eigenvalue weighted by Gasteiger charge is -2.30. The number of allylic oxidation sites excluding steroid dienone is 1. The Balaban J connectivity index is 1.70. The van der Waals surface area contributed by atoms with Crippen molar-refractivity contribution >= 4 is 11.9 Å². The van der Waals surface area contributed by atoms with Gasteiger partial charge in [-0.25, -0.2) is 4.79 Å². The molecule has 0 unspecified atom stereocenters. The highest BCUT2D eigenvalue weighted by Crippen LogP contribution is 2.25. The number of hydrogen-bond acceptors (Lipinski definition) is 2. The average molecular weight is 265 g/mol. The Hall–Kier alpha value is -1.52. The molecule has 0 aromatic rings. The van der Waals surface area contributed by atoms with E-state index in [9.17, 15) is 9.59 Å². The zero-order valence-electron chi connectivity index (χ0n) is 11.3. The number of nitrogens with one attached hydrogen (secondary N) is 1. The van der Waals surface area contributed by atoms with E-state index in [1.807, 2.05) is 0 Å². The van der Waals surface area contributed by atoms with Crippen LogP contribution in [0.15, 0.2) is 12.3 Å². The number of likely N-dealkylation sites (tertiary alicyclic amines) is 1. The molecule has 2 fully saturated rings. The van der Waals surface area contributed by atoms with Gasteiger partial charge in [-0.15, -0.1) is 0 Å². The summed E-state index contributed by atoms with van der Waals surface area (Å²) in [6.45, 7) is 1.22. The molecule has 0 bridgehead atoms. The third kappa shape index (κ3) is 3.98. The molecule has 2 rings (SSSR count). The maximum Gasteiger partial charge on any atom is 0.321 e. The molecule has 3 N–H and O–H groups in total. The molecular weight excluding hydrogens is 242 g/mol. The summed E-state index contributed by atoms with van der Waals surface area (Å²) < 4.78 is 0. The first-order valence-corrected chi connectivity index (χ1v) is 7.18. The SMILES string of the molecule is NC(=O)C1CCN(C(=O)N/C=C/C2CCCC2)CC1. The molecule has 5 nitrogen and oxygen atoms in total. The van der Waals surface area contributed by atoms with Gasteiger partial charge in [-0.05, 0) is 31.6 Å². The molecule has 1 heterocycles. The van der Waals surface area contributed by atoms with Crippen LogP contribution in [0, 0.1) is 11.8 Å². The number of primary amides is 1. The Morgan fingerprint density at radius 2 is 1.74 bits per heavy atom. The molecule has 1 saturated heterocycles. The largest absolute Gasteiger partial charge is 0.369 e. The summed E-state index contributed by atoms with van der Waals surface area (Å²) >= 11 is 0. The minimum Gasteiger partial charge on any atom is -0.369 e. The van der Waals surface area contributed by atoms with Crippen molar-refractivity contribution in [1.82, 2.24) is 10.2 Å². The summed E-state index contributed by atoms with van der Waals surface area (Å²) in [6.07, 6.45) is 10.3. The van der Waals surface area contributed by atoms with Gasteiger partial charge in [-0.1, -0.05) is 18.9 Å². The lowest BCUT2D eigenvalue weighted by Crippen LogP contribution is -2.45. The quantitative estimate of drug-likeness (QED) is 0.813. The van der Waals surface area contributed by atoms with Crippen molar-refractivity contribution < 1.29 is 9.59 Å². The van der Waals surface area contributed by atoms with Crippen molar-refractivity contribution in [3.05, 3.63) is 12.3 Å². The fourth-order valence-corrected chi connectivity index (χ4v) is 2.86. The number of amides is 3. The molecule has 5 heteroatoms. The monoisotopic (exact) mass is 265 g/mol. The summed E-state index contributed by atoms with van der Waals surface area (Å²) in [5, 5.41) is 2.81. The Labute approximate surface area is 114 Å². The van der Waals surface area contributed by atoms with Gasteiger partial charge in [-0.3, -0.25) is 4.79 Å². The summed E-state index contributed by atoms with van der Waals surface area (Å²) in [7, 11) is 0. The molecule has 2 aliphatic rings. The zero-order chi connectivity index (χ0) is 13.7.